The number of nitrogens with zero attached hydrogens (tertiary/aromatic N) is 2. The van der Waals surface area contributed by atoms with E-state index in [-0.39, 0.29) is 42.4 Å². The molecule has 1 aromatic carbocycles. The van der Waals surface area contributed by atoms with Crippen LogP contribution in [0.5, 0.6) is 0 Å². The smallest absolute Gasteiger partial charge is 0.224 e. The van der Waals surface area contributed by atoms with Crippen molar-refractivity contribution in [3.8, 4) is 0 Å². The number of carbonyl (C=O) groups excluding carboxylic acids is 3. The van der Waals surface area contributed by atoms with Gasteiger partial charge in [0.2, 0.25) is 17.6 Å². The first-order chi connectivity index (χ1) is 16.6. The Hall–Kier alpha value is -2.69. The number of rotatable bonds is 13. The van der Waals surface area contributed by atoms with Crippen molar-refractivity contribution in [2.75, 3.05) is 6.54 Å². The number of amides is 2. The second-order valence-electron chi connectivity index (χ2n) is 8.29. The van der Waals surface area contributed by atoms with Crippen molar-refractivity contribution < 1.29 is 14.4 Å². The molecule has 1 aromatic heterocycles. The Morgan fingerprint density at radius 1 is 1.17 bits per heavy atom. The van der Waals surface area contributed by atoms with Crippen LogP contribution in [0.3, 0.4) is 0 Å². The van der Waals surface area contributed by atoms with Gasteiger partial charge in [0.05, 0.1) is 16.1 Å². The van der Waals surface area contributed by atoms with Crippen LogP contribution in [0, 0.1) is 11.8 Å². The third kappa shape index (κ3) is 9.46. The van der Waals surface area contributed by atoms with Gasteiger partial charge in [-0.1, -0.05) is 43.1 Å². The van der Waals surface area contributed by atoms with E-state index in [1.54, 1.807) is 23.6 Å². The number of benzene rings is 1. The van der Waals surface area contributed by atoms with Gasteiger partial charge in [-0.05, 0) is 36.5 Å². The first kappa shape index (κ1) is 28.5. The molecule has 2 amide bonds. The van der Waals surface area contributed by atoms with Crippen LogP contribution in [0.25, 0.3) is 0 Å². The van der Waals surface area contributed by atoms with Gasteiger partial charge in [0.25, 0.3) is 0 Å². The number of aliphatic imine (C=N–C) groups is 1. The van der Waals surface area contributed by atoms with Crippen LogP contribution < -0.4 is 22.1 Å². The van der Waals surface area contributed by atoms with Gasteiger partial charge in [-0.2, -0.15) is 0 Å². The number of hydrogen-bond acceptors (Lipinski definition) is 6. The molecule has 2 atom stereocenters. The van der Waals surface area contributed by atoms with Crippen LogP contribution in [-0.4, -0.2) is 41.1 Å². The van der Waals surface area contributed by atoms with Crippen molar-refractivity contribution >= 4 is 58.1 Å². The zero-order chi connectivity index (χ0) is 26.0. The number of carbonyl (C=O) groups is 3. The number of halogens is 2. The summed E-state index contributed by atoms with van der Waals surface area (Å²) in [4.78, 5) is 46.7. The highest BCUT2D eigenvalue weighted by Gasteiger charge is 2.30. The molecule has 0 aliphatic rings. The predicted molar refractivity (Wildman–Crippen MR) is 140 cm³/mol. The number of thiazole rings is 1. The summed E-state index contributed by atoms with van der Waals surface area (Å²) in [5.74, 6) is -1.76. The van der Waals surface area contributed by atoms with E-state index in [1.165, 1.54) is 17.5 Å². The lowest BCUT2D eigenvalue weighted by atomic mass is 9.90. The van der Waals surface area contributed by atoms with Gasteiger partial charge in [0.1, 0.15) is 0 Å². The molecule has 12 heteroatoms. The maximum absolute atomic E-state index is 13.1. The summed E-state index contributed by atoms with van der Waals surface area (Å²) in [7, 11) is 0. The number of Topliss-reactive ketones (excluding diaryl/α,β-unsaturated/α-hetero) is 1. The fraction of sp³-hybridized carbons (Fsp3) is 0.435. The molecule has 0 aliphatic carbocycles. The minimum atomic E-state index is -0.802. The van der Waals surface area contributed by atoms with Crippen molar-refractivity contribution in [3.63, 3.8) is 0 Å². The average molecular weight is 542 g/mol. The standard InChI is InChI=1S/C23H30Cl2N6O3S/c1-13(2)15(11-19(32)30-12-14-5-6-16(24)17(25)10-14)21(34)31-18(4-3-7-29-23(26)27)20(33)22-28-8-9-35-22/h5-6,8-10,13,15,18H,3-4,7,11-12H2,1-2H3,(H,30,32)(H,31,34)(H4,26,27,29)/t15-,18-/m0/s1. The van der Waals surface area contributed by atoms with Crippen molar-refractivity contribution in [3.05, 3.63) is 50.4 Å². The second kappa shape index (κ2) is 14.0. The molecule has 0 spiro atoms. The largest absolute Gasteiger partial charge is 0.370 e. The van der Waals surface area contributed by atoms with Crippen molar-refractivity contribution in [1.29, 1.82) is 0 Å². The van der Waals surface area contributed by atoms with Crippen molar-refractivity contribution in [2.24, 2.45) is 28.3 Å². The Bertz CT molecular complexity index is 1040. The van der Waals surface area contributed by atoms with E-state index in [1.807, 2.05) is 13.8 Å². The minimum absolute atomic E-state index is 0.0308. The highest BCUT2D eigenvalue weighted by Crippen LogP contribution is 2.23. The van der Waals surface area contributed by atoms with Crippen LogP contribution in [0.15, 0.2) is 34.8 Å². The number of nitrogens with two attached hydrogens (primary N) is 2. The Labute approximate surface area is 218 Å². The topological polar surface area (TPSA) is 153 Å². The van der Waals surface area contributed by atoms with Gasteiger partial charge in [-0.15, -0.1) is 11.3 Å². The first-order valence-corrected chi connectivity index (χ1v) is 12.7. The van der Waals surface area contributed by atoms with Crippen LogP contribution >= 0.6 is 34.5 Å². The first-order valence-electron chi connectivity index (χ1n) is 11.1. The van der Waals surface area contributed by atoms with E-state index in [0.29, 0.717) is 34.4 Å². The molecule has 9 nitrogen and oxygen atoms in total. The molecule has 0 saturated heterocycles. The summed E-state index contributed by atoms with van der Waals surface area (Å²) in [5, 5.41) is 8.45. The lowest BCUT2D eigenvalue weighted by Crippen LogP contribution is -2.46. The van der Waals surface area contributed by atoms with Crippen LogP contribution in [-0.2, 0) is 16.1 Å². The highest BCUT2D eigenvalue weighted by atomic mass is 35.5. The van der Waals surface area contributed by atoms with Crippen LogP contribution in [0.1, 0.15) is 48.5 Å². The monoisotopic (exact) mass is 540 g/mol. The summed E-state index contributed by atoms with van der Waals surface area (Å²) in [6.07, 6.45) is 2.31. The molecule has 1 heterocycles. The molecule has 0 bridgehead atoms. The highest BCUT2D eigenvalue weighted by molar-refractivity contribution is 7.11. The summed E-state index contributed by atoms with van der Waals surface area (Å²) in [5.41, 5.74) is 11.5. The molecule has 0 saturated carbocycles. The Morgan fingerprint density at radius 2 is 1.91 bits per heavy atom. The SMILES string of the molecule is CC(C)[C@H](CC(=O)NCc1ccc(Cl)c(Cl)c1)C(=O)N[C@@H](CCCN=C(N)N)C(=O)c1nccs1. The summed E-state index contributed by atoms with van der Waals surface area (Å²) < 4.78 is 0. The molecule has 190 valence electrons. The molecule has 35 heavy (non-hydrogen) atoms. The Kier molecular flexibility index (Phi) is 11.4. The zero-order valence-corrected chi connectivity index (χ0v) is 21.9. The summed E-state index contributed by atoms with van der Waals surface area (Å²) in [6, 6.07) is 4.29. The Morgan fingerprint density at radius 3 is 2.51 bits per heavy atom. The summed E-state index contributed by atoms with van der Waals surface area (Å²) >= 11 is 13.1. The fourth-order valence-corrected chi connectivity index (χ4v) is 4.25. The van der Waals surface area contributed by atoms with Crippen LogP contribution in [0.4, 0.5) is 0 Å². The second-order valence-corrected chi connectivity index (χ2v) is 10.0. The molecule has 0 aliphatic heterocycles. The third-order valence-electron chi connectivity index (χ3n) is 5.24. The van der Waals surface area contributed by atoms with E-state index in [2.05, 4.69) is 20.6 Å². The lowest BCUT2D eigenvalue weighted by Gasteiger charge is -2.23. The van der Waals surface area contributed by atoms with Gasteiger partial charge >= 0.3 is 0 Å². The normalized spacial score (nSPS) is 12.6. The lowest BCUT2D eigenvalue weighted by molar-refractivity contribution is -0.132. The number of ketones is 1. The number of hydrogen-bond donors (Lipinski definition) is 4. The molecule has 0 radical (unpaired) electrons. The number of nitrogens with one attached hydrogen (secondary N) is 2. The van der Waals surface area contributed by atoms with Crippen LogP contribution in [0.2, 0.25) is 10.0 Å². The third-order valence-corrected chi connectivity index (χ3v) is 6.77. The molecular weight excluding hydrogens is 511 g/mol. The number of aromatic nitrogens is 1. The van der Waals surface area contributed by atoms with E-state index >= 15 is 0 Å². The molecule has 6 N–H and O–H groups in total. The van der Waals surface area contributed by atoms with Gasteiger partial charge in [-0.3, -0.25) is 19.4 Å². The van der Waals surface area contributed by atoms with Gasteiger partial charge in [0, 0.05) is 37.0 Å². The van der Waals surface area contributed by atoms with E-state index in [0.717, 1.165) is 5.56 Å². The van der Waals surface area contributed by atoms with Gasteiger partial charge in [0.15, 0.2) is 11.0 Å². The zero-order valence-electron chi connectivity index (χ0n) is 19.6. The van der Waals surface area contributed by atoms with Gasteiger partial charge in [-0.25, -0.2) is 4.98 Å². The minimum Gasteiger partial charge on any atom is -0.370 e. The van der Waals surface area contributed by atoms with Crippen molar-refractivity contribution in [1.82, 2.24) is 15.6 Å². The van der Waals surface area contributed by atoms with E-state index in [4.69, 9.17) is 34.7 Å². The van der Waals surface area contributed by atoms with E-state index in [9.17, 15) is 14.4 Å². The average Bonchev–Trinajstić information content (AvgIpc) is 3.34. The predicted octanol–water partition coefficient (Wildman–Crippen LogP) is 3.15. The van der Waals surface area contributed by atoms with Crippen molar-refractivity contribution in [2.45, 2.75) is 45.7 Å². The molecular formula is C23H30Cl2N6O3S. The molecule has 2 rings (SSSR count). The molecule has 0 unspecified atom stereocenters. The Balaban J connectivity index is 2.02. The molecule has 2 aromatic rings. The maximum Gasteiger partial charge on any atom is 0.224 e. The quantitative estimate of drug-likeness (QED) is 0.132. The maximum atomic E-state index is 13.1. The van der Waals surface area contributed by atoms with Gasteiger partial charge < -0.3 is 22.1 Å². The van der Waals surface area contributed by atoms with E-state index < -0.39 is 12.0 Å². The number of guanidine groups is 1. The fourth-order valence-electron chi connectivity index (χ4n) is 3.30. The molecule has 0 fully saturated rings. The summed E-state index contributed by atoms with van der Waals surface area (Å²) in [6.45, 7) is 4.28.